The normalized spacial score (nSPS) is 11.6. The number of benzene rings is 8. The fourth-order valence-electron chi connectivity index (χ4n) is 8.83. The van der Waals surface area contributed by atoms with Crippen LogP contribution in [0, 0.1) is 116 Å². The maximum absolute atomic E-state index is 15.4. The fourth-order valence-corrected chi connectivity index (χ4v) is 13.1. The lowest BCUT2D eigenvalue weighted by Crippen LogP contribution is -2.81. The van der Waals surface area contributed by atoms with Crippen LogP contribution in [0.5, 0.6) is 0 Å². The minimum Gasteiger partial charge on any atom is -0.465 e. The molecule has 0 amide bonds. The number of halogens is 20. The Kier molecular flexibility index (Phi) is 15.6. The van der Waals surface area contributed by atoms with Crippen molar-refractivity contribution in [3.05, 3.63) is 243 Å². The Morgan fingerprint density at radius 3 is 0.827 bits per heavy atom. The second-order valence-corrected chi connectivity index (χ2v) is 19.5. The summed E-state index contributed by atoms with van der Waals surface area (Å²) in [7, 11) is -0.565. The molecule has 24 heteroatoms. The topological polar surface area (TPSA) is 26.3 Å². The Hall–Kier alpha value is -7.68. The van der Waals surface area contributed by atoms with Gasteiger partial charge >= 0.3 is 5.97 Å². The van der Waals surface area contributed by atoms with Gasteiger partial charge in [-0.05, 0) is 54.1 Å². The Bertz CT molecular complexity index is 3050. The van der Waals surface area contributed by atoms with Crippen molar-refractivity contribution in [2.24, 2.45) is 0 Å². The van der Waals surface area contributed by atoms with Crippen LogP contribution in [0.25, 0.3) is 0 Å². The van der Waals surface area contributed by atoms with E-state index in [9.17, 15) is 57.5 Å². The van der Waals surface area contributed by atoms with E-state index in [0.29, 0.717) is 5.56 Å². The largest absolute Gasteiger partial charge is 0.465 e. The van der Waals surface area contributed by atoms with E-state index in [1.807, 2.05) is 18.2 Å². The summed E-state index contributed by atoms with van der Waals surface area (Å²) >= 11 is 0. The molecule has 0 spiro atoms. The maximum atomic E-state index is 15.4. The highest BCUT2D eigenvalue weighted by Crippen LogP contribution is 2.58. The number of carbonyl (C=O) groups excluding carboxylic acids is 1. The summed E-state index contributed by atoms with van der Waals surface area (Å²) in [6.07, 6.45) is -6.39. The summed E-state index contributed by atoms with van der Waals surface area (Å²) < 4.78 is 299. The summed E-state index contributed by atoms with van der Waals surface area (Å²) in [6.45, 7) is 0. The first kappa shape index (κ1) is 55.1. The van der Waals surface area contributed by atoms with Gasteiger partial charge in [0, 0.05) is 0 Å². The quantitative estimate of drug-likeness (QED) is 0.0341. The molecule has 0 saturated heterocycles. The van der Waals surface area contributed by atoms with E-state index < -0.39 is 152 Å². The molecule has 388 valence electrons. The Balaban J connectivity index is 0.000000236. The number of ether oxygens (including phenoxy) is 1. The van der Waals surface area contributed by atoms with Gasteiger partial charge in [0.25, 0.3) is 0 Å². The van der Waals surface area contributed by atoms with E-state index in [2.05, 4.69) is 97.1 Å². The molecule has 0 bridgehead atoms. The summed E-state index contributed by atoms with van der Waals surface area (Å²) in [5.41, 5.74) is -12.6. The molecule has 0 N–H and O–H groups in total. The summed E-state index contributed by atoms with van der Waals surface area (Å²) in [4.78, 5) is 12.1. The van der Waals surface area contributed by atoms with Crippen molar-refractivity contribution in [3.63, 3.8) is 0 Å². The van der Waals surface area contributed by atoms with Crippen LogP contribution in [-0.4, -0.2) is 19.2 Å². The number of carbonyl (C=O) groups is 1. The van der Waals surface area contributed by atoms with Gasteiger partial charge in [-0.3, -0.25) is 0 Å². The van der Waals surface area contributed by atoms with Crippen LogP contribution in [0.15, 0.2) is 115 Å². The van der Waals surface area contributed by atoms with E-state index in [4.69, 9.17) is 4.74 Å². The van der Waals surface area contributed by atoms with Crippen molar-refractivity contribution in [1.82, 2.24) is 0 Å². The standard InChI is InChI=1S/C27H24O2P.C24BF20/c1-29-27(28)23-13-11-12-22(20-23)21-30(24-14-5-2-6-15-24,25-16-7-3-8-17-25)26-18-9-4-10-19-26;26-5-1(6(27)14(35)21(42)13(5)34)25(2-7(28)15(36)22(43)16(37)8(2)29,3-9(30)17(38)23(44)18(39)10(3)31)4-11(32)19(40)24(45)20(41)12(4)33/h2-20H,21H2,1H3;/q+1;-1. The summed E-state index contributed by atoms with van der Waals surface area (Å²) in [5, 5.41) is 3.97. The van der Waals surface area contributed by atoms with Gasteiger partial charge in [0.2, 0.25) is 0 Å². The molecule has 0 aliphatic rings. The van der Waals surface area contributed by atoms with Crippen LogP contribution in [0.3, 0.4) is 0 Å². The second kappa shape index (κ2) is 21.3. The van der Waals surface area contributed by atoms with Gasteiger partial charge in [0.1, 0.15) is 75.9 Å². The Labute approximate surface area is 409 Å². The molecule has 0 aliphatic heterocycles. The van der Waals surface area contributed by atoms with Crippen molar-refractivity contribution in [2.75, 3.05) is 7.11 Å². The van der Waals surface area contributed by atoms with Gasteiger partial charge in [0.15, 0.2) is 69.8 Å². The molecule has 0 aromatic heterocycles. The zero-order valence-electron chi connectivity index (χ0n) is 37.1. The zero-order valence-corrected chi connectivity index (χ0v) is 38.0. The predicted molar refractivity (Wildman–Crippen MR) is 236 cm³/mol. The zero-order chi connectivity index (χ0) is 55.2. The smallest absolute Gasteiger partial charge is 0.337 e. The van der Waals surface area contributed by atoms with Crippen molar-refractivity contribution in [1.29, 1.82) is 0 Å². The molecule has 75 heavy (non-hydrogen) atoms. The molecule has 0 saturated carbocycles. The fraction of sp³-hybridized carbons (Fsp3) is 0.0392. The van der Waals surface area contributed by atoms with Gasteiger partial charge < -0.3 is 4.74 Å². The highest BCUT2D eigenvalue weighted by atomic mass is 31.2. The van der Waals surface area contributed by atoms with Crippen LogP contribution in [0.1, 0.15) is 15.9 Å². The van der Waals surface area contributed by atoms with Crippen molar-refractivity contribution in [2.45, 2.75) is 6.16 Å². The first-order valence-electron chi connectivity index (χ1n) is 20.9. The van der Waals surface area contributed by atoms with Gasteiger partial charge in [-0.25, -0.2) is 92.6 Å². The van der Waals surface area contributed by atoms with Crippen LogP contribution in [0.4, 0.5) is 87.8 Å². The summed E-state index contributed by atoms with van der Waals surface area (Å²) in [6, 6.07) is 40.1. The predicted octanol–water partition coefficient (Wildman–Crippen LogP) is 10.8. The maximum Gasteiger partial charge on any atom is 0.337 e. The van der Waals surface area contributed by atoms with E-state index in [1.54, 1.807) is 0 Å². The van der Waals surface area contributed by atoms with E-state index in [0.717, 1.165) is 11.7 Å². The molecule has 0 heterocycles. The van der Waals surface area contributed by atoms with Gasteiger partial charge in [-0.15, -0.1) is 21.9 Å². The average molecular weight is 1090 g/mol. The molecule has 0 atom stereocenters. The van der Waals surface area contributed by atoms with E-state index in [1.165, 1.54) is 23.0 Å². The lowest BCUT2D eigenvalue weighted by Gasteiger charge is -2.44. The van der Waals surface area contributed by atoms with Gasteiger partial charge in [-0.2, -0.15) is 0 Å². The van der Waals surface area contributed by atoms with E-state index in [-0.39, 0.29) is 5.97 Å². The third kappa shape index (κ3) is 8.93. The lowest BCUT2D eigenvalue weighted by atomic mass is 9.12. The third-order valence-corrected chi connectivity index (χ3v) is 16.4. The lowest BCUT2D eigenvalue weighted by molar-refractivity contribution is 0.0600. The first-order chi connectivity index (χ1) is 35.4. The molecule has 0 fully saturated rings. The molecule has 8 rings (SSSR count). The van der Waals surface area contributed by atoms with Crippen LogP contribution in [0.2, 0.25) is 0 Å². The molecule has 2 nitrogen and oxygen atoms in total. The van der Waals surface area contributed by atoms with E-state index >= 15 is 35.1 Å². The van der Waals surface area contributed by atoms with Crippen LogP contribution < -0.4 is 37.8 Å². The highest BCUT2D eigenvalue weighted by Gasteiger charge is 2.52. The third-order valence-electron chi connectivity index (χ3n) is 12.1. The first-order valence-corrected chi connectivity index (χ1v) is 22.9. The number of hydrogen-bond donors (Lipinski definition) is 0. The molecule has 0 aliphatic carbocycles. The number of rotatable bonds is 10. The molecule has 8 aromatic carbocycles. The average Bonchev–Trinajstić information content (AvgIpc) is 3.43. The molecular formula is C51H24BF20O2P. The van der Waals surface area contributed by atoms with Gasteiger partial charge in [0.05, 0.1) is 18.8 Å². The summed E-state index contributed by atoms with van der Waals surface area (Å²) in [5.74, 6) is -71.7. The second-order valence-electron chi connectivity index (χ2n) is 16.0. The van der Waals surface area contributed by atoms with Gasteiger partial charge in [-0.1, -0.05) is 66.7 Å². The molecule has 0 unspecified atom stereocenters. The minimum atomic E-state index is -7.22. The number of methoxy groups -OCH3 is 1. The molecule has 8 aromatic rings. The molecular weight excluding hydrogens is 1070 g/mol. The molecule has 0 radical (unpaired) electrons. The highest BCUT2D eigenvalue weighted by molar-refractivity contribution is 7.95. The Morgan fingerprint density at radius 2 is 0.587 bits per heavy atom. The minimum absolute atomic E-state index is 0.306. The number of esters is 1. The van der Waals surface area contributed by atoms with Crippen LogP contribution >= 0.6 is 7.26 Å². The van der Waals surface area contributed by atoms with Crippen LogP contribution in [-0.2, 0) is 10.9 Å². The monoisotopic (exact) mass is 1090 g/mol. The van der Waals surface area contributed by atoms with Crippen molar-refractivity contribution >= 4 is 57.1 Å². The SMILES string of the molecule is COC(=O)c1cccc(C[P+](c2ccccc2)(c2ccccc2)c2ccccc2)c1.Fc1c(F)c(F)c([B-](c2c(F)c(F)c(F)c(F)c2F)(c2c(F)c(F)c(F)c(F)c2F)c2c(F)c(F)c(F)c(F)c2F)c(F)c1F. The van der Waals surface area contributed by atoms with Crippen molar-refractivity contribution < 1.29 is 97.3 Å². The van der Waals surface area contributed by atoms with Crippen molar-refractivity contribution in [3.8, 4) is 0 Å². The number of hydrogen-bond acceptors (Lipinski definition) is 2. The Morgan fingerprint density at radius 1 is 0.347 bits per heavy atom.